The van der Waals surface area contributed by atoms with Gasteiger partial charge in [-0.25, -0.2) is 8.42 Å². The predicted octanol–water partition coefficient (Wildman–Crippen LogP) is 4.87. The molecular formula is C16H19BrO2S. The Kier molecular flexibility index (Phi) is 4.26. The molecule has 2 rings (SSSR count). The summed E-state index contributed by atoms with van der Waals surface area (Å²) in [6.45, 7) is 8.06. The third kappa shape index (κ3) is 2.40. The second-order valence-corrected chi connectivity index (χ2v) is 8.01. The topological polar surface area (TPSA) is 34.1 Å². The van der Waals surface area contributed by atoms with Crippen molar-refractivity contribution in [2.75, 3.05) is 0 Å². The predicted molar refractivity (Wildman–Crippen MR) is 86.2 cm³/mol. The summed E-state index contributed by atoms with van der Waals surface area (Å²) < 4.78 is 26.7. The van der Waals surface area contributed by atoms with Crippen molar-refractivity contribution in [3.8, 4) is 0 Å². The van der Waals surface area contributed by atoms with Crippen molar-refractivity contribution >= 4 is 25.8 Å². The molecule has 0 heterocycles. The van der Waals surface area contributed by atoms with E-state index in [1.807, 2.05) is 20.8 Å². The van der Waals surface area contributed by atoms with Gasteiger partial charge in [-0.15, -0.1) is 0 Å². The lowest BCUT2D eigenvalue weighted by molar-refractivity contribution is 0.602. The van der Waals surface area contributed by atoms with Crippen molar-refractivity contribution in [3.63, 3.8) is 0 Å². The van der Waals surface area contributed by atoms with E-state index in [-0.39, 0.29) is 5.92 Å². The van der Waals surface area contributed by atoms with Crippen molar-refractivity contribution in [1.29, 1.82) is 0 Å². The average Bonchev–Trinajstić information content (AvgIpc) is 2.63. The number of hydrogen-bond donors (Lipinski definition) is 0. The van der Waals surface area contributed by atoms with Crippen LogP contribution in [-0.4, -0.2) is 8.42 Å². The third-order valence-corrected chi connectivity index (χ3v) is 6.68. The minimum Gasteiger partial charge on any atom is -0.219 e. The van der Waals surface area contributed by atoms with Gasteiger partial charge in [0.05, 0.1) is 9.80 Å². The number of rotatable bonds is 3. The van der Waals surface area contributed by atoms with E-state index in [0.717, 1.165) is 22.0 Å². The number of allylic oxidation sites excluding steroid dienone is 3. The van der Waals surface area contributed by atoms with Crippen molar-refractivity contribution in [2.24, 2.45) is 5.92 Å². The Morgan fingerprint density at radius 3 is 2.15 bits per heavy atom. The molecule has 1 atom stereocenters. The number of hydrogen-bond acceptors (Lipinski definition) is 2. The fraction of sp³-hybridized carbons (Fsp3) is 0.375. The van der Waals surface area contributed by atoms with Crippen LogP contribution in [0.5, 0.6) is 0 Å². The highest BCUT2D eigenvalue weighted by Crippen LogP contribution is 2.43. The molecule has 0 saturated heterocycles. The van der Waals surface area contributed by atoms with Gasteiger partial charge in [-0.05, 0) is 61.6 Å². The molecule has 1 aliphatic rings. The van der Waals surface area contributed by atoms with Gasteiger partial charge in [-0.1, -0.05) is 35.4 Å². The van der Waals surface area contributed by atoms with Gasteiger partial charge in [-0.3, -0.25) is 0 Å². The average molecular weight is 355 g/mol. The minimum absolute atomic E-state index is 0.213. The van der Waals surface area contributed by atoms with E-state index in [1.54, 1.807) is 24.3 Å². The molecule has 0 fully saturated rings. The van der Waals surface area contributed by atoms with Crippen LogP contribution in [0.25, 0.3) is 0 Å². The molecule has 0 saturated carbocycles. The molecule has 1 aliphatic carbocycles. The van der Waals surface area contributed by atoms with Crippen molar-refractivity contribution in [1.82, 2.24) is 0 Å². The molecule has 0 amide bonds. The highest BCUT2D eigenvalue weighted by atomic mass is 79.9. The second-order valence-electron chi connectivity index (χ2n) is 5.21. The Morgan fingerprint density at radius 2 is 1.65 bits per heavy atom. The summed E-state index contributed by atoms with van der Waals surface area (Å²) in [4.78, 5) is 0.898. The summed E-state index contributed by atoms with van der Waals surface area (Å²) in [5.41, 5.74) is 3.13. The zero-order chi connectivity index (χ0) is 15.1. The van der Waals surface area contributed by atoms with Gasteiger partial charge < -0.3 is 0 Å². The standard InChI is InChI=1S/C16H19BrO2S/c1-5-15-11(3)10(2)12(4)16(15)20(18,19)14-8-6-13(17)7-9-14/h6-10H,5H2,1-4H3. The van der Waals surface area contributed by atoms with Crippen molar-refractivity contribution in [3.05, 3.63) is 50.4 Å². The normalized spacial score (nSPS) is 19.9. The molecule has 0 aromatic heterocycles. The Bertz CT molecular complexity index is 694. The van der Waals surface area contributed by atoms with Gasteiger partial charge in [0.1, 0.15) is 0 Å². The first-order chi connectivity index (χ1) is 9.30. The Labute approximate surface area is 129 Å². The second kappa shape index (κ2) is 5.49. The zero-order valence-electron chi connectivity index (χ0n) is 12.2. The molecule has 1 unspecified atom stereocenters. The van der Waals surface area contributed by atoms with Gasteiger partial charge in [0.15, 0.2) is 0 Å². The van der Waals surface area contributed by atoms with E-state index < -0.39 is 9.84 Å². The van der Waals surface area contributed by atoms with Gasteiger partial charge in [-0.2, -0.15) is 0 Å². The van der Waals surface area contributed by atoms with Gasteiger partial charge >= 0.3 is 0 Å². The van der Waals surface area contributed by atoms with E-state index in [1.165, 1.54) is 5.57 Å². The Morgan fingerprint density at radius 1 is 1.10 bits per heavy atom. The molecule has 4 heteroatoms. The maximum absolute atomic E-state index is 12.9. The molecule has 0 N–H and O–H groups in total. The van der Waals surface area contributed by atoms with Crippen molar-refractivity contribution < 1.29 is 8.42 Å². The molecule has 1 aromatic carbocycles. The summed E-state index contributed by atoms with van der Waals surface area (Å²) in [5, 5.41) is 0. The quantitative estimate of drug-likeness (QED) is 0.775. The number of benzene rings is 1. The van der Waals surface area contributed by atoms with Crippen LogP contribution in [0.1, 0.15) is 34.1 Å². The van der Waals surface area contributed by atoms with Crippen LogP contribution in [0.3, 0.4) is 0 Å². The summed E-state index contributed by atoms with van der Waals surface area (Å²) in [7, 11) is -3.43. The van der Waals surface area contributed by atoms with Crippen LogP contribution in [0.2, 0.25) is 0 Å². The van der Waals surface area contributed by atoms with Gasteiger partial charge in [0.2, 0.25) is 9.84 Å². The summed E-state index contributed by atoms with van der Waals surface area (Å²) in [6.07, 6.45) is 0.749. The maximum Gasteiger partial charge on any atom is 0.206 e. The van der Waals surface area contributed by atoms with Crippen LogP contribution in [-0.2, 0) is 9.84 Å². The SMILES string of the molecule is CCC1=C(C)C(C)C(C)=C1S(=O)(=O)c1ccc(Br)cc1. The third-order valence-electron chi connectivity index (χ3n) is 4.15. The minimum atomic E-state index is -3.43. The van der Waals surface area contributed by atoms with E-state index in [4.69, 9.17) is 0 Å². The monoisotopic (exact) mass is 354 g/mol. The van der Waals surface area contributed by atoms with Crippen LogP contribution in [0.4, 0.5) is 0 Å². The highest BCUT2D eigenvalue weighted by Gasteiger charge is 2.33. The molecule has 2 nitrogen and oxygen atoms in total. The Hall–Kier alpha value is -0.870. The van der Waals surface area contributed by atoms with Crippen molar-refractivity contribution in [2.45, 2.75) is 39.0 Å². The summed E-state index contributed by atoms with van der Waals surface area (Å²) >= 11 is 3.34. The molecule has 0 aliphatic heterocycles. The lowest BCUT2D eigenvalue weighted by Crippen LogP contribution is -2.07. The largest absolute Gasteiger partial charge is 0.219 e. The number of halogens is 1. The van der Waals surface area contributed by atoms with Gasteiger partial charge in [0.25, 0.3) is 0 Å². The van der Waals surface area contributed by atoms with Crippen LogP contribution >= 0.6 is 15.9 Å². The fourth-order valence-electron chi connectivity index (χ4n) is 2.74. The summed E-state index contributed by atoms with van der Waals surface area (Å²) in [6, 6.07) is 6.85. The van der Waals surface area contributed by atoms with E-state index in [9.17, 15) is 8.42 Å². The first kappa shape index (κ1) is 15.5. The molecule has 108 valence electrons. The van der Waals surface area contributed by atoms with E-state index in [2.05, 4.69) is 22.9 Å². The molecular weight excluding hydrogens is 336 g/mol. The molecule has 0 bridgehead atoms. The lowest BCUT2D eigenvalue weighted by Gasteiger charge is -2.11. The van der Waals surface area contributed by atoms with E-state index in [0.29, 0.717) is 9.80 Å². The van der Waals surface area contributed by atoms with Gasteiger partial charge in [0, 0.05) is 4.47 Å². The zero-order valence-corrected chi connectivity index (χ0v) is 14.6. The smallest absolute Gasteiger partial charge is 0.206 e. The molecule has 0 radical (unpaired) electrons. The Balaban J connectivity index is 2.63. The first-order valence-electron chi connectivity index (χ1n) is 6.72. The first-order valence-corrected chi connectivity index (χ1v) is 8.99. The molecule has 0 spiro atoms. The molecule has 20 heavy (non-hydrogen) atoms. The van der Waals surface area contributed by atoms with Crippen LogP contribution in [0.15, 0.2) is 55.3 Å². The maximum atomic E-state index is 12.9. The van der Waals surface area contributed by atoms with Crippen LogP contribution in [0, 0.1) is 5.92 Å². The lowest BCUT2D eigenvalue weighted by atomic mass is 9.99. The highest BCUT2D eigenvalue weighted by molar-refractivity contribution is 9.10. The summed E-state index contributed by atoms with van der Waals surface area (Å²) in [5.74, 6) is 0.213. The molecule has 1 aromatic rings. The number of sulfone groups is 1. The van der Waals surface area contributed by atoms with E-state index >= 15 is 0 Å². The van der Waals surface area contributed by atoms with Crippen LogP contribution < -0.4 is 0 Å². The fourth-order valence-corrected chi connectivity index (χ4v) is 4.97.